The van der Waals surface area contributed by atoms with Crippen LogP contribution >= 0.6 is 0 Å². The molecule has 1 aliphatic heterocycles. The number of nitro benzene ring substituents is 1. The van der Waals surface area contributed by atoms with Crippen molar-refractivity contribution in [2.75, 3.05) is 25.0 Å². The van der Waals surface area contributed by atoms with Crippen LogP contribution < -0.4 is 10.2 Å². The number of nitrogens with one attached hydrogen (secondary N) is 1. The van der Waals surface area contributed by atoms with Crippen LogP contribution in [0.5, 0.6) is 0 Å². The van der Waals surface area contributed by atoms with Gasteiger partial charge in [-0.15, -0.1) is 0 Å². The summed E-state index contributed by atoms with van der Waals surface area (Å²) in [5.74, 6) is -0.537. The zero-order chi connectivity index (χ0) is 14.7. The van der Waals surface area contributed by atoms with E-state index >= 15 is 0 Å². The van der Waals surface area contributed by atoms with Crippen molar-refractivity contribution in [1.82, 2.24) is 5.32 Å². The monoisotopic (exact) mass is 281 g/mol. The molecule has 1 aromatic carbocycles. The number of benzene rings is 1. The predicted molar refractivity (Wildman–Crippen MR) is 76.7 cm³/mol. The molecule has 0 spiro atoms. The Bertz CT molecular complexity index is 501. The van der Waals surface area contributed by atoms with Crippen LogP contribution in [0.15, 0.2) is 12.1 Å². The average molecular weight is 281 g/mol. The van der Waals surface area contributed by atoms with Gasteiger partial charge in [0.05, 0.1) is 11.0 Å². The SMILES string of the molecule is Cc1cc(N(C)CC2CCCCN2)c([N+](=O)[O-])cc1F. The fourth-order valence-electron chi connectivity index (χ4n) is 2.62. The minimum Gasteiger partial charge on any atom is -0.367 e. The summed E-state index contributed by atoms with van der Waals surface area (Å²) in [7, 11) is 1.82. The van der Waals surface area contributed by atoms with E-state index < -0.39 is 10.7 Å². The van der Waals surface area contributed by atoms with Crippen molar-refractivity contribution in [1.29, 1.82) is 0 Å². The third-order valence-electron chi connectivity index (χ3n) is 3.77. The Morgan fingerprint density at radius 2 is 2.25 bits per heavy atom. The molecule has 0 bridgehead atoms. The lowest BCUT2D eigenvalue weighted by Crippen LogP contribution is -2.42. The van der Waals surface area contributed by atoms with Crippen LogP contribution in [0.25, 0.3) is 0 Å². The number of hydrogen-bond donors (Lipinski definition) is 1. The van der Waals surface area contributed by atoms with E-state index in [1.54, 1.807) is 13.0 Å². The van der Waals surface area contributed by atoms with E-state index in [1.807, 2.05) is 11.9 Å². The smallest absolute Gasteiger partial charge is 0.295 e. The van der Waals surface area contributed by atoms with Gasteiger partial charge in [0.15, 0.2) is 0 Å². The molecule has 1 unspecified atom stereocenters. The van der Waals surface area contributed by atoms with Crippen molar-refractivity contribution in [2.45, 2.75) is 32.2 Å². The Labute approximate surface area is 117 Å². The first-order valence-electron chi connectivity index (χ1n) is 6.88. The summed E-state index contributed by atoms with van der Waals surface area (Å²) in [6.45, 7) is 3.30. The zero-order valence-electron chi connectivity index (χ0n) is 11.9. The summed E-state index contributed by atoms with van der Waals surface area (Å²) in [5, 5.41) is 14.5. The van der Waals surface area contributed by atoms with Gasteiger partial charge in [-0.1, -0.05) is 6.42 Å². The molecule has 0 aliphatic carbocycles. The van der Waals surface area contributed by atoms with Crippen LogP contribution in [0.1, 0.15) is 24.8 Å². The second kappa shape index (κ2) is 6.17. The lowest BCUT2D eigenvalue weighted by molar-refractivity contribution is -0.384. The molecule has 5 nitrogen and oxygen atoms in total. The summed E-state index contributed by atoms with van der Waals surface area (Å²) in [6.07, 6.45) is 3.42. The Morgan fingerprint density at radius 3 is 2.85 bits per heavy atom. The predicted octanol–water partition coefficient (Wildman–Crippen LogP) is 2.62. The van der Waals surface area contributed by atoms with Crippen LogP contribution in [0.4, 0.5) is 15.8 Å². The Morgan fingerprint density at radius 1 is 1.50 bits per heavy atom. The molecule has 0 amide bonds. The third kappa shape index (κ3) is 3.25. The normalized spacial score (nSPS) is 18.9. The van der Waals surface area contributed by atoms with Crippen LogP contribution in [0.3, 0.4) is 0 Å². The van der Waals surface area contributed by atoms with Crippen LogP contribution in [0, 0.1) is 22.9 Å². The molecular weight excluding hydrogens is 261 g/mol. The highest BCUT2D eigenvalue weighted by atomic mass is 19.1. The fraction of sp³-hybridized carbons (Fsp3) is 0.571. The van der Waals surface area contributed by atoms with Crippen molar-refractivity contribution in [3.8, 4) is 0 Å². The first-order valence-corrected chi connectivity index (χ1v) is 6.88. The Hall–Kier alpha value is -1.69. The maximum Gasteiger partial charge on any atom is 0.295 e. The third-order valence-corrected chi connectivity index (χ3v) is 3.77. The molecule has 1 N–H and O–H groups in total. The molecule has 20 heavy (non-hydrogen) atoms. The topological polar surface area (TPSA) is 58.4 Å². The first-order chi connectivity index (χ1) is 9.49. The summed E-state index contributed by atoms with van der Waals surface area (Å²) in [4.78, 5) is 12.4. The molecule has 1 heterocycles. The second-order valence-electron chi connectivity index (χ2n) is 5.37. The molecule has 1 aromatic rings. The van der Waals surface area contributed by atoms with Crippen LogP contribution in [-0.2, 0) is 0 Å². The van der Waals surface area contributed by atoms with E-state index in [1.165, 1.54) is 12.8 Å². The molecule has 1 saturated heterocycles. The molecule has 0 aromatic heterocycles. The van der Waals surface area contributed by atoms with Gasteiger partial charge in [0.2, 0.25) is 0 Å². The first kappa shape index (κ1) is 14.7. The van der Waals surface area contributed by atoms with Crippen LogP contribution in [0.2, 0.25) is 0 Å². The summed E-state index contributed by atoms with van der Waals surface area (Å²) >= 11 is 0. The highest BCUT2D eigenvalue weighted by molar-refractivity contribution is 5.64. The summed E-state index contributed by atoms with van der Waals surface area (Å²) in [6, 6.07) is 2.89. The number of nitro groups is 1. The van der Waals surface area contributed by atoms with Crippen LogP contribution in [-0.4, -0.2) is 31.1 Å². The molecular formula is C14H20FN3O2. The van der Waals surface area contributed by atoms with E-state index in [0.717, 1.165) is 19.0 Å². The van der Waals surface area contributed by atoms with Gasteiger partial charge in [-0.05, 0) is 37.9 Å². The molecule has 110 valence electrons. The maximum absolute atomic E-state index is 13.5. The van der Waals surface area contributed by atoms with E-state index in [9.17, 15) is 14.5 Å². The molecule has 2 rings (SSSR count). The number of nitrogens with zero attached hydrogens (tertiary/aromatic N) is 2. The van der Waals surface area contributed by atoms with Crippen molar-refractivity contribution >= 4 is 11.4 Å². The number of halogens is 1. The second-order valence-corrected chi connectivity index (χ2v) is 5.37. The number of hydrogen-bond acceptors (Lipinski definition) is 4. The van der Waals surface area contributed by atoms with Gasteiger partial charge in [-0.2, -0.15) is 0 Å². The molecule has 6 heteroatoms. The summed E-state index contributed by atoms with van der Waals surface area (Å²) in [5.41, 5.74) is 0.724. The molecule has 0 radical (unpaired) electrons. The highest BCUT2D eigenvalue weighted by Gasteiger charge is 2.22. The van der Waals surface area contributed by atoms with Gasteiger partial charge in [0.1, 0.15) is 11.5 Å². The molecule has 0 saturated carbocycles. The van der Waals surface area contributed by atoms with Gasteiger partial charge < -0.3 is 10.2 Å². The van der Waals surface area contributed by atoms with E-state index in [-0.39, 0.29) is 5.69 Å². The van der Waals surface area contributed by atoms with Gasteiger partial charge in [-0.3, -0.25) is 10.1 Å². The molecule has 1 atom stereocenters. The minimum absolute atomic E-state index is 0.175. The van der Waals surface area contributed by atoms with Gasteiger partial charge >= 0.3 is 0 Å². The number of piperidine rings is 1. The highest BCUT2D eigenvalue weighted by Crippen LogP contribution is 2.30. The van der Waals surface area contributed by atoms with E-state index in [4.69, 9.17) is 0 Å². The average Bonchev–Trinajstić information content (AvgIpc) is 2.42. The lowest BCUT2D eigenvalue weighted by atomic mass is 10.0. The maximum atomic E-state index is 13.5. The largest absolute Gasteiger partial charge is 0.367 e. The van der Waals surface area contributed by atoms with Crippen molar-refractivity contribution in [3.05, 3.63) is 33.6 Å². The number of likely N-dealkylation sites (N-methyl/N-ethyl adjacent to an activating group) is 1. The van der Waals surface area contributed by atoms with Gasteiger partial charge in [-0.25, -0.2) is 4.39 Å². The Balaban J connectivity index is 2.21. The van der Waals surface area contributed by atoms with Crippen molar-refractivity contribution < 1.29 is 9.31 Å². The number of rotatable bonds is 4. The van der Waals surface area contributed by atoms with Gasteiger partial charge in [0, 0.05) is 19.6 Å². The zero-order valence-corrected chi connectivity index (χ0v) is 11.9. The Kier molecular flexibility index (Phi) is 4.54. The van der Waals surface area contributed by atoms with Crippen molar-refractivity contribution in [3.63, 3.8) is 0 Å². The fourth-order valence-corrected chi connectivity index (χ4v) is 2.62. The number of aryl methyl sites for hydroxylation is 1. The minimum atomic E-state index is -0.537. The van der Waals surface area contributed by atoms with E-state index in [0.29, 0.717) is 23.8 Å². The van der Waals surface area contributed by atoms with E-state index in [2.05, 4.69) is 5.32 Å². The van der Waals surface area contributed by atoms with Gasteiger partial charge in [0.25, 0.3) is 5.69 Å². The standard InChI is InChI=1S/C14H20FN3O2/c1-10-7-13(14(18(19)20)8-12(10)15)17(2)9-11-5-3-4-6-16-11/h7-8,11,16H,3-6,9H2,1-2H3. The van der Waals surface area contributed by atoms with Crippen molar-refractivity contribution in [2.24, 2.45) is 0 Å². The summed E-state index contributed by atoms with van der Waals surface area (Å²) < 4.78 is 13.5. The molecule has 1 aliphatic rings. The number of anilines is 1. The molecule has 1 fully saturated rings. The lowest BCUT2D eigenvalue weighted by Gasteiger charge is -2.29. The quantitative estimate of drug-likeness (QED) is 0.681.